The van der Waals surface area contributed by atoms with Gasteiger partial charge >= 0.3 is 0 Å². The maximum Gasteiger partial charge on any atom is 0.274 e. The van der Waals surface area contributed by atoms with Gasteiger partial charge in [0.15, 0.2) is 0 Å². The summed E-state index contributed by atoms with van der Waals surface area (Å²) < 4.78 is 32.4. The number of hydrogen-bond acceptors (Lipinski definition) is 8. The molecule has 0 bridgehead atoms. The number of nitrogens with two attached hydrogens (primary N) is 1. The van der Waals surface area contributed by atoms with Crippen molar-refractivity contribution in [3.05, 3.63) is 71.8 Å². The predicted octanol–water partition coefficient (Wildman–Crippen LogP) is 3.80. The Morgan fingerprint density at radius 1 is 0.975 bits per heavy atom. The molecule has 4 N–H and O–H groups in total. The summed E-state index contributed by atoms with van der Waals surface area (Å²) in [6.45, 7) is 5.05. The average Bonchev–Trinajstić information content (AvgIpc) is 2.96. The summed E-state index contributed by atoms with van der Waals surface area (Å²) in [6, 6.07) is 10.7. The van der Waals surface area contributed by atoms with Crippen LogP contribution in [0.1, 0.15) is 29.7 Å². The fraction of sp³-hybridized carbons (Fsp3) is 0.379. The van der Waals surface area contributed by atoms with Gasteiger partial charge in [-0.05, 0) is 41.5 Å². The van der Waals surface area contributed by atoms with Crippen molar-refractivity contribution < 1.29 is 18.3 Å². The van der Waals surface area contributed by atoms with E-state index in [0.717, 1.165) is 35.5 Å². The fourth-order valence-electron chi connectivity index (χ4n) is 4.88. The summed E-state index contributed by atoms with van der Waals surface area (Å²) in [5.41, 5.74) is 10.3. The quantitative estimate of drug-likeness (QED) is 0.289. The topological polar surface area (TPSA) is 120 Å². The van der Waals surface area contributed by atoms with Gasteiger partial charge < -0.3 is 15.8 Å². The van der Waals surface area contributed by atoms with Gasteiger partial charge in [-0.2, -0.15) is 0 Å². The number of nitrogen functional groups attached to an aromatic ring is 1. The van der Waals surface area contributed by atoms with Crippen LogP contribution in [0.5, 0.6) is 0 Å². The smallest absolute Gasteiger partial charge is 0.274 e. The van der Waals surface area contributed by atoms with Crippen LogP contribution in [0.3, 0.4) is 0 Å². The van der Waals surface area contributed by atoms with Gasteiger partial charge in [-0.25, -0.2) is 8.78 Å². The van der Waals surface area contributed by atoms with Crippen LogP contribution in [-0.4, -0.2) is 76.7 Å². The van der Waals surface area contributed by atoms with Crippen molar-refractivity contribution in [1.29, 1.82) is 5.41 Å². The molecule has 2 saturated heterocycles. The first-order valence-corrected chi connectivity index (χ1v) is 13.3. The Hall–Kier alpha value is -3.80. The second kappa shape index (κ2) is 12.2. The zero-order valence-electron chi connectivity index (χ0n) is 22.2. The molecule has 40 heavy (non-hydrogen) atoms. The lowest BCUT2D eigenvalue weighted by molar-refractivity contribution is -0.110. The Labute approximate surface area is 231 Å². The first-order valence-electron chi connectivity index (χ1n) is 13.3. The fourth-order valence-corrected chi connectivity index (χ4v) is 4.88. The average molecular weight is 550 g/mol. The van der Waals surface area contributed by atoms with E-state index in [2.05, 4.69) is 20.2 Å². The van der Waals surface area contributed by atoms with Gasteiger partial charge in [0.2, 0.25) is 0 Å². The van der Waals surface area contributed by atoms with Gasteiger partial charge in [-0.3, -0.25) is 30.0 Å². The van der Waals surface area contributed by atoms with Crippen LogP contribution < -0.4 is 11.1 Å². The lowest BCUT2D eigenvalue weighted by atomic mass is 9.99. The molecule has 2 fully saturated rings. The molecule has 2 aliphatic heterocycles. The number of morpholine rings is 1. The molecule has 4 heterocycles. The number of piperidine rings is 1. The SMILES string of the molecule is N=C(C(=O)Nc1ccc(CN2CCOCC2)nc1)c1cc(-c2cncc(CN3CCC(F)(F)CC3)c2)ccc1N. The lowest BCUT2D eigenvalue weighted by Gasteiger charge is -2.31. The molecular formula is C29H33F2N7O2. The van der Waals surface area contributed by atoms with E-state index in [4.69, 9.17) is 15.9 Å². The molecule has 0 spiro atoms. The van der Waals surface area contributed by atoms with Crippen LogP contribution in [0, 0.1) is 5.41 Å². The molecule has 0 radical (unpaired) electrons. The minimum absolute atomic E-state index is 0.139. The van der Waals surface area contributed by atoms with Crippen LogP contribution in [-0.2, 0) is 22.6 Å². The van der Waals surface area contributed by atoms with Crippen molar-refractivity contribution in [2.24, 2.45) is 0 Å². The number of halogens is 2. The first kappa shape index (κ1) is 27.8. The number of amides is 1. The molecule has 0 unspecified atom stereocenters. The third-order valence-corrected chi connectivity index (χ3v) is 7.24. The summed E-state index contributed by atoms with van der Waals surface area (Å²) >= 11 is 0. The number of nitrogens with zero attached hydrogens (tertiary/aromatic N) is 4. The summed E-state index contributed by atoms with van der Waals surface area (Å²) in [6.07, 6.45) is 4.73. The first-order chi connectivity index (χ1) is 19.3. The van der Waals surface area contributed by atoms with Gasteiger partial charge in [0.1, 0.15) is 5.71 Å². The van der Waals surface area contributed by atoms with Crippen molar-refractivity contribution in [3.63, 3.8) is 0 Å². The number of ether oxygens (including phenoxy) is 1. The van der Waals surface area contributed by atoms with Crippen LogP contribution in [0.2, 0.25) is 0 Å². The Kier molecular flexibility index (Phi) is 8.43. The van der Waals surface area contributed by atoms with Gasteiger partial charge in [0.25, 0.3) is 11.8 Å². The zero-order valence-corrected chi connectivity index (χ0v) is 22.2. The molecule has 11 heteroatoms. The van der Waals surface area contributed by atoms with Crippen molar-refractivity contribution in [3.8, 4) is 11.1 Å². The number of rotatable bonds is 8. The molecule has 9 nitrogen and oxygen atoms in total. The molecular weight excluding hydrogens is 516 g/mol. The molecule has 1 aromatic carbocycles. The van der Waals surface area contributed by atoms with Crippen LogP contribution in [0.4, 0.5) is 20.2 Å². The molecule has 1 amide bonds. The van der Waals surface area contributed by atoms with E-state index < -0.39 is 11.8 Å². The maximum absolute atomic E-state index is 13.5. The second-order valence-corrected chi connectivity index (χ2v) is 10.3. The number of pyridine rings is 2. The summed E-state index contributed by atoms with van der Waals surface area (Å²) in [5, 5.41) is 11.3. The molecule has 0 atom stereocenters. The van der Waals surface area contributed by atoms with E-state index in [1.807, 2.05) is 23.1 Å². The Morgan fingerprint density at radius 2 is 1.73 bits per heavy atom. The monoisotopic (exact) mass is 549 g/mol. The highest BCUT2D eigenvalue weighted by atomic mass is 19.3. The standard InChI is InChI=1S/C29H33F2N7O2/c30-29(31)5-7-37(8-6-29)18-20-13-22(16-34-15-20)21-1-4-26(32)25(14-21)27(33)28(39)36-23-2-3-24(35-17-23)19-38-9-11-40-12-10-38/h1-4,13-17,33H,5-12,18-19,32H2,(H,36,39). The van der Waals surface area contributed by atoms with Gasteiger partial charge in [-0.1, -0.05) is 6.07 Å². The number of benzene rings is 1. The lowest BCUT2D eigenvalue weighted by Crippen LogP contribution is -2.38. The van der Waals surface area contributed by atoms with Gasteiger partial charge in [0.05, 0.1) is 30.8 Å². The highest BCUT2D eigenvalue weighted by molar-refractivity contribution is 6.48. The van der Waals surface area contributed by atoms with Crippen LogP contribution in [0.15, 0.2) is 55.0 Å². The highest BCUT2D eigenvalue weighted by Gasteiger charge is 2.33. The molecule has 5 rings (SSSR count). The molecule has 2 aromatic heterocycles. The van der Waals surface area contributed by atoms with E-state index in [-0.39, 0.29) is 18.6 Å². The van der Waals surface area contributed by atoms with E-state index in [9.17, 15) is 13.6 Å². The number of hydrogen-bond donors (Lipinski definition) is 3. The number of anilines is 2. The van der Waals surface area contributed by atoms with E-state index in [1.54, 1.807) is 36.8 Å². The number of carbonyl (C=O) groups is 1. The van der Waals surface area contributed by atoms with Crippen LogP contribution >= 0.6 is 0 Å². The van der Waals surface area contributed by atoms with E-state index in [0.29, 0.717) is 56.3 Å². The highest BCUT2D eigenvalue weighted by Crippen LogP contribution is 2.29. The zero-order chi connectivity index (χ0) is 28.1. The minimum Gasteiger partial charge on any atom is -0.398 e. The minimum atomic E-state index is -2.59. The molecule has 0 saturated carbocycles. The largest absolute Gasteiger partial charge is 0.398 e. The normalized spacial score (nSPS) is 17.9. The van der Waals surface area contributed by atoms with E-state index >= 15 is 0 Å². The van der Waals surface area contributed by atoms with Gasteiger partial charge in [0, 0.05) is 81.3 Å². The van der Waals surface area contributed by atoms with Crippen molar-refractivity contribution in [2.45, 2.75) is 31.9 Å². The second-order valence-electron chi connectivity index (χ2n) is 10.3. The molecule has 0 aliphatic carbocycles. The maximum atomic E-state index is 13.5. The van der Waals surface area contributed by atoms with Crippen LogP contribution in [0.25, 0.3) is 11.1 Å². The Morgan fingerprint density at radius 3 is 2.45 bits per heavy atom. The molecule has 210 valence electrons. The third-order valence-electron chi connectivity index (χ3n) is 7.24. The number of nitrogens with one attached hydrogen (secondary N) is 2. The number of aromatic nitrogens is 2. The number of alkyl halides is 2. The van der Waals surface area contributed by atoms with E-state index in [1.165, 1.54) is 0 Å². The predicted molar refractivity (Wildman–Crippen MR) is 149 cm³/mol. The summed E-state index contributed by atoms with van der Waals surface area (Å²) in [4.78, 5) is 26.0. The molecule has 3 aromatic rings. The summed E-state index contributed by atoms with van der Waals surface area (Å²) in [5.74, 6) is -3.18. The Bertz CT molecular complexity index is 1350. The number of carbonyl (C=O) groups excluding carboxylic acids is 1. The number of likely N-dealkylation sites (tertiary alicyclic amines) is 1. The molecule has 2 aliphatic rings. The van der Waals surface area contributed by atoms with Crippen molar-refractivity contribution >= 4 is 23.0 Å². The Balaban J connectivity index is 1.23. The van der Waals surface area contributed by atoms with Crippen molar-refractivity contribution in [2.75, 3.05) is 50.4 Å². The summed E-state index contributed by atoms with van der Waals surface area (Å²) in [7, 11) is 0. The van der Waals surface area contributed by atoms with Gasteiger partial charge in [-0.15, -0.1) is 0 Å². The third kappa shape index (κ3) is 7.04. The van der Waals surface area contributed by atoms with Crippen molar-refractivity contribution in [1.82, 2.24) is 19.8 Å².